The molecular weight excluding hydrogens is 483 g/mol. The van der Waals surface area contributed by atoms with Gasteiger partial charge in [0.1, 0.15) is 6.10 Å². The quantitative estimate of drug-likeness (QED) is 0.335. The van der Waals surface area contributed by atoms with E-state index in [1.807, 2.05) is 6.07 Å². The molecule has 37 heavy (non-hydrogen) atoms. The van der Waals surface area contributed by atoms with Crippen molar-refractivity contribution in [2.75, 3.05) is 10.6 Å². The summed E-state index contributed by atoms with van der Waals surface area (Å²) in [7, 11) is 0. The number of aliphatic hydroxyl groups excluding tert-OH is 1. The third-order valence-electron chi connectivity index (χ3n) is 5.73. The topological polar surface area (TPSA) is 102 Å². The Labute approximate surface area is 210 Å². The van der Waals surface area contributed by atoms with Crippen LogP contribution in [0.2, 0.25) is 0 Å². The number of aliphatic hydroxyl groups is 1. The third kappa shape index (κ3) is 5.94. The van der Waals surface area contributed by atoms with Gasteiger partial charge < -0.3 is 15.7 Å². The molecule has 1 aliphatic rings. The molecule has 0 radical (unpaired) electrons. The summed E-state index contributed by atoms with van der Waals surface area (Å²) in [6.07, 6.45) is -1.38. The molecule has 0 aliphatic carbocycles. The molecule has 6 nitrogen and oxygen atoms in total. The summed E-state index contributed by atoms with van der Waals surface area (Å²) in [6, 6.07) is 18.2. The molecule has 186 valence electrons. The van der Waals surface area contributed by atoms with E-state index in [0.29, 0.717) is 39.2 Å². The largest absolute Gasteiger partial charge is 0.416 e. The van der Waals surface area contributed by atoms with Crippen LogP contribution >= 0.6 is 0 Å². The fourth-order valence-electron chi connectivity index (χ4n) is 3.90. The minimum absolute atomic E-state index is 0.0501. The van der Waals surface area contributed by atoms with Crippen LogP contribution in [0.1, 0.15) is 27.8 Å². The number of nitriles is 1. The predicted molar refractivity (Wildman–Crippen MR) is 132 cm³/mol. The number of alkyl halides is 3. The lowest BCUT2D eigenvalue weighted by Crippen LogP contribution is -2.34. The van der Waals surface area contributed by atoms with Gasteiger partial charge in [-0.15, -0.1) is 0 Å². The van der Waals surface area contributed by atoms with Gasteiger partial charge in [0.05, 0.1) is 17.2 Å². The predicted octanol–water partition coefficient (Wildman–Crippen LogP) is 5.06. The van der Waals surface area contributed by atoms with Crippen molar-refractivity contribution in [3.63, 3.8) is 0 Å². The molecule has 1 atom stereocenters. The van der Waals surface area contributed by atoms with Crippen molar-refractivity contribution in [3.8, 4) is 6.07 Å². The van der Waals surface area contributed by atoms with E-state index in [2.05, 4.69) is 10.6 Å². The first kappa shape index (κ1) is 25.4. The minimum Gasteiger partial charge on any atom is -0.383 e. The second-order valence-electron chi connectivity index (χ2n) is 8.24. The van der Waals surface area contributed by atoms with Crippen molar-refractivity contribution in [2.45, 2.75) is 18.7 Å². The number of hydrogen-bond acceptors (Lipinski definition) is 4. The number of anilines is 2. The molecule has 0 saturated carbocycles. The molecule has 1 unspecified atom stereocenters. The van der Waals surface area contributed by atoms with E-state index in [-0.39, 0.29) is 6.42 Å². The van der Waals surface area contributed by atoms with Gasteiger partial charge >= 0.3 is 6.18 Å². The number of hydrogen-bond donors (Lipinski definition) is 3. The lowest BCUT2D eigenvalue weighted by Gasteiger charge is -2.23. The van der Waals surface area contributed by atoms with Crippen LogP contribution < -0.4 is 10.6 Å². The maximum absolute atomic E-state index is 13.0. The van der Waals surface area contributed by atoms with E-state index in [0.717, 1.165) is 12.1 Å². The number of fused-ring (bicyclic) bond motifs is 1. The van der Waals surface area contributed by atoms with Gasteiger partial charge in [0.25, 0.3) is 5.91 Å². The highest BCUT2D eigenvalue weighted by atomic mass is 19.4. The van der Waals surface area contributed by atoms with Gasteiger partial charge in [0.2, 0.25) is 5.91 Å². The van der Waals surface area contributed by atoms with Crippen LogP contribution in [-0.4, -0.2) is 23.0 Å². The second-order valence-corrected chi connectivity index (χ2v) is 8.24. The first-order chi connectivity index (χ1) is 17.7. The van der Waals surface area contributed by atoms with Gasteiger partial charge in [-0.2, -0.15) is 18.4 Å². The number of allylic oxidation sites excluding steroid dienone is 2. The van der Waals surface area contributed by atoms with Crippen LogP contribution in [0.5, 0.6) is 0 Å². The first-order valence-electron chi connectivity index (χ1n) is 11.1. The zero-order chi connectivity index (χ0) is 26.6. The van der Waals surface area contributed by atoms with Crippen molar-refractivity contribution in [1.29, 1.82) is 5.26 Å². The normalized spacial score (nSPS) is 15.6. The van der Waals surface area contributed by atoms with Crippen LogP contribution in [-0.2, 0) is 22.2 Å². The number of carbonyl (C=O) groups excluding carboxylic acids is 2. The molecule has 2 amide bonds. The van der Waals surface area contributed by atoms with Gasteiger partial charge in [-0.3, -0.25) is 9.59 Å². The number of benzene rings is 3. The molecule has 0 spiro atoms. The van der Waals surface area contributed by atoms with Crippen LogP contribution in [0.4, 0.5) is 24.5 Å². The van der Waals surface area contributed by atoms with Crippen LogP contribution in [0.25, 0.3) is 5.57 Å². The summed E-state index contributed by atoms with van der Waals surface area (Å²) in [5, 5.41) is 24.4. The van der Waals surface area contributed by atoms with Crippen LogP contribution in [0, 0.1) is 11.3 Å². The van der Waals surface area contributed by atoms with E-state index >= 15 is 0 Å². The van der Waals surface area contributed by atoms with E-state index in [4.69, 9.17) is 0 Å². The summed E-state index contributed by atoms with van der Waals surface area (Å²) in [5.41, 5.74) is 2.67. The van der Waals surface area contributed by atoms with Gasteiger partial charge in [0.15, 0.2) is 0 Å². The van der Waals surface area contributed by atoms with Crippen molar-refractivity contribution in [1.82, 2.24) is 0 Å². The lowest BCUT2D eigenvalue weighted by atomic mass is 9.95. The average molecular weight is 503 g/mol. The lowest BCUT2D eigenvalue weighted by molar-refractivity contribution is -0.137. The SMILES string of the molecule is N#Cc1cccc(C(=CC=CC(=O)Nc2cccc3c2CC(O)C(=O)N3)c2ccc(C(F)(F)F)cc2)c1. The summed E-state index contributed by atoms with van der Waals surface area (Å²) in [6.45, 7) is 0. The summed E-state index contributed by atoms with van der Waals surface area (Å²) in [4.78, 5) is 24.3. The average Bonchev–Trinajstić information content (AvgIpc) is 2.87. The van der Waals surface area contributed by atoms with E-state index in [9.17, 15) is 33.1 Å². The summed E-state index contributed by atoms with van der Waals surface area (Å²) >= 11 is 0. The second kappa shape index (κ2) is 10.5. The number of carbonyl (C=O) groups is 2. The monoisotopic (exact) mass is 503 g/mol. The molecule has 3 aromatic rings. The molecule has 4 rings (SSSR count). The number of amides is 2. The van der Waals surface area contributed by atoms with E-state index in [1.54, 1.807) is 48.5 Å². The number of halogens is 3. The summed E-state index contributed by atoms with van der Waals surface area (Å²) < 4.78 is 39.1. The van der Waals surface area contributed by atoms with Crippen molar-refractivity contribution in [3.05, 3.63) is 113 Å². The van der Waals surface area contributed by atoms with Gasteiger partial charge in [-0.05, 0) is 53.1 Å². The minimum atomic E-state index is -4.48. The van der Waals surface area contributed by atoms with Crippen molar-refractivity contribution in [2.24, 2.45) is 0 Å². The molecular formula is C28H20F3N3O3. The van der Waals surface area contributed by atoms with Crippen LogP contribution in [0.15, 0.2) is 85.0 Å². The first-order valence-corrected chi connectivity index (χ1v) is 11.1. The Morgan fingerprint density at radius 1 is 1.08 bits per heavy atom. The molecule has 0 saturated heterocycles. The molecule has 0 aromatic heterocycles. The Bertz CT molecular complexity index is 1450. The number of nitrogens with one attached hydrogen (secondary N) is 2. The third-order valence-corrected chi connectivity index (χ3v) is 5.73. The maximum Gasteiger partial charge on any atom is 0.416 e. The van der Waals surface area contributed by atoms with E-state index < -0.39 is 29.7 Å². The number of rotatable bonds is 5. The standard InChI is InChI=1S/C28H20F3N3O3/c29-28(30,31)20-12-10-18(11-13-20)21(19-5-1-4-17(14-19)16-32)6-2-9-26(36)33-23-7-3-8-24-22(23)15-25(35)27(37)34-24/h1-14,25,35H,15H2,(H,33,36)(H,34,37). The van der Waals surface area contributed by atoms with Crippen LogP contribution in [0.3, 0.4) is 0 Å². The Kier molecular flexibility index (Phi) is 7.22. The number of nitrogens with zero attached hydrogens (tertiary/aromatic N) is 1. The Balaban J connectivity index is 1.61. The van der Waals surface area contributed by atoms with E-state index in [1.165, 1.54) is 24.3 Å². The van der Waals surface area contributed by atoms with Gasteiger partial charge in [0, 0.05) is 29.4 Å². The van der Waals surface area contributed by atoms with Crippen molar-refractivity contribution >= 4 is 28.8 Å². The van der Waals surface area contributed by atoms with Gasteiger partial charge in [-0.25, -0.2) is 0 Å². The molecule has 0 bridgehead atoms. The molecule has 3 aromatic carbocycles. The molecule has 9 heteroatoms. The Morgan fingerprint density at radius 3 is 2.51 bits per heavy atom. The molecule has 0 fully saturated rings. The molecule has 1 heterocycles. The smallest absolute Gasteiger partial charge is 0.383 e. The highest BCUT2D eigenvalue weighted by Crippen LogP contribution is 2.32. The highest BCUT2D eigenvalue weighted by molar-refractivity contribution is 6.03. The maximum atomic E-state index is 13.0. The van der Waals surface area contributed by atoms with Gasteiger partial charge in [-0.1, -0.05) is 42.5 Å². The Hall–Kier alpha value is -4.68. The zero-order valence-corrected chi connectivity index (χ0v) is 19.2. The molecule has 3 N–H and O–H groups in total. The highest BCUT2D eigenvalue weighted by Gasteiger charge is 2.30. The fraction of sp³-hybridized carbons (Fsp3) is 0.107. The molecule has 1 aliphatic heterocycles. The summed E-state index contributed by atoms with van der Waals surface area (Å²) in [5.74, 6) is -1.01. The zero-order valence-electron chi connectivity index (χ0n) is 19.2. The van der Waals surface area contributed by atoms with Crippen molar-refractivity contribution < 1.29 is 27.9 Å². The Morgan fingerprint density at radius 2 is 1.81 bits per heavy atom. The fourth-order valence-corrected chi connectivity index (χ4v) is 3.90.